The molecule has 1 heterocycles. The van der Waals surface area contributed by atoms with Crippen molar-refractivity contribution in [3.05, 3.63) is 34.9 Å². The van der Waals surface area contributed by atoms with Crippen molar-refractivity contribution >= 4 is 23.5 Å². The molecule has 0 aliphatic rings. The number of rotatable bonds is 6. The van der Waals surface area contributed by atoms with Gasteiger partial charge in [-0.2, -0.15) is 15.0 Å². The number of hydrogen-bond acceptors (Lipinski definition) is 6. The second-order valence-corrected chi connectivity index (χ2v) is 5.04. The average Bonchev–Trinajstić information content (AvgIpc) is 2.47. The lowest BCUT2D eigenvalue weighted by Gasteiger charge is -2.17. The molecule has 1 aromatic carbocycles. The molecule has 0 atom stereocenters. The zero-order chi connectivity index (χ0) is 15.2. The first-order valence-corrected chi connectivity index (χ1v) is 7.06. The highest BCUT2D eigenvalue weighted by molar-refractivity contribution is 6.30. The fourth-order valence-corrected chi connectivity index (χ4v) is 1.85. The maximum absolute atomic E-state index is 5.88. The predicted octanol–water partition coefficient (Wildman–Crippen LogP) is 2.53. The Bertz CT molecular complexity index is 590. The minimum absolute atomic E-state index is 0.147. The van der Waals surface area contributed by atoms with Crippen molar-refractivity contribution in [2.24, 2.45) is 0 Å². The number of ether oxygens (including phenoxy) is 1. The largest absolute Gasteiger partial charge is 0.463 e. The van der Waals surface area contributed by atoms with Crippen LogP contribution in [0.15, 0.2) is 24.3 Å². The monoisotopic (exact) mass is 307 g/mol. The van der Waals surface area contributed by atoms with Crippen LogP contribution in [0.3, 0.4) is 0 Å². The van der Waals surface area contributed by atoms with E-state index in [1.807, 2.05) is 43.1 Å². The van der Waals surface area contributed by atoms with Gasteiger partial charge in [-0.3, -0.25) is 0 Å². The minimum Gasteiger partial charge on any atom is -0.463 e. The van der Waals surface area contributed by atoms with Crippen LogP contribution < -0.4 is 15.4 Å². The van der Waals surface area contributed by atoms with E-state index in [1.54, 1.807) is 0 Å². The van der Waals surface area contributed by atoms with Crippen molar-refractivity contribution < 1.29 is 4.74 Å². The summed E-state index contributed by atoms with van der Waals surface area (Å²) in [5, 5.41) is 0.709. The van der Waals surface area contributed by atoms with E-state index in [-0.39, 0.29) is 12.0 Å². The van der Waals surface area contributed by atoms with Gasteiger partial charge in [0.25, 0.3) is 0 Å². The van der Waals surface area contributed by atoms with Crippen LogP contribution in [0.4, 0.5) is 11.9 Å². The molecule has 0 amide bonds. The lowest BCUT2D eigenvalue weighted by molar-refractivity contribution is 0.292. The lowest BCUT2D eigenvalue weighted by Crippen LogP contribution is -2.20. The quantitative estimate of drug-likeness (QED) is 0.883. The van der Waals surface area contributed by atoms with Crippen molar-refractivity contribution in [3.8, 4) is 6.01 Å². The smallest absolute Gasteiger partial charge is 0.323 e. The van der Waals surface area contributed by atoms with E-state index in [0.29, 0.717) is 24.1 Å². The summed E-state index contributed by atoms with van der Waals surface area (Å²) in [4.78, 5) is 14.2. The van der Waals surface area contributed by atoms with E-state index < -0.39 is 0 Å². The van der Waals surface area contributed by atoms with E-state index in [1.165, 1.54) is 0 Å². The summed E-state index contributed by atoms with van der Waals surface area (Å²) < 4.78 is 5.41. The number of nitrogens with zero attached hydrogens (tertiary/aromatic N) is 4. The predicted molar refractivity (Wildman–Crippen MR) is 83.6 cm³/mol. The Hall–Kier alpha value is -2.08. The first kappa shape index (κ1) is 15.3. The molecule has 0 unspecified atom stereocenters. The van der Waals surface area contributed by atoms with Crippen molar-refractivity contribution in [2.75, 3.05) is 24.3 Å². The molecule has 21 heavy (non-hydrogen) atoms. The molecular weight excluding hydrogens is 290 g/mol. The summed E-state index contributed by atoms with van der Waals surface area (Å²) in [5.74, 6) is 0.623. The van der Waals surface area contributed by atoms with Crippen LogP contribution in [0.1, 0.15) is 18.9 Å². The highest BCUT2D eigenvalue weighted by atomic mass is 35.5. The molecule has 0 aliphatic heterocycles. The minimum atomic E-state index is 0.147. The van der Waals surface area contributed by atoms with Gasteiger partial charge < -0.3 is 15.4 Å². The van der Waals surface area contributed by atoms with Crippen LogP contribution in [0.2, 0.25) is 5.02 Å². The van der Waals surface area contributed by atoms with Gasteiger partial charge in [-0.05, 0) is 24.1 Å². The number of halogens is 1. The zero-order valence-corrected chi connectivity index (χ0v) is 12.8. The highest BCUT2D eigenvalue weighted by Gasteiger charge is 2.10. The van der Waals surface area contributed by atoms with Gasteiger partial charge in [0.2, 0.25) is 11.9 Å². The molecule has 0 saturated carbocycles. The van der Waals surface area contributed by atoms with Crippen LogP contribution in [-0.4, -0.2) is 28.6 Å². The zero-order valence-electron chi connectivity index (χ0n) is 12.1. The molecule has 0 bridgehead atoms. The van der Waals surface area contributed by atoms with Gasteiger partial charge in [0, 0.05) is 18.6 Å². The molecule has 2 rings (SSSR count). The van der Waals surface area contributed by atoms with Gasteiger partial charge in [0.05, 0.1) is 6.61 Å². The van der Waals surface area contributed by atoms with Crippen LogP contribution in [0, 0.1) is 0 Å². The van der Waals surface area contributed by atoms with Crippen LogP contribution in [0.25, 0.3) is 0 Å². The number of benzene rings is 1. The molecule has 0 saturated heterocycles. The SMILES string of the molecule is CCCOc1nc(N)nc(N(C)Cc2ccc(Cl)cc2)n1. The van der Waals surface area contributed by atoms with Gasteiger partial charge in [0.1, 0.15) is 0 Å². The molecule has 2 N–H and O–H groups in total. The number of anilines is 2. The van der Waals surface area contributed by atoms with Crippen molar-refractivity contribution in [3.63, 3.8) is 0 Å². The van der Waals surface area contributed by atoms with E-state index in [4.69, 9.17) is 22.1 Å². The lowest BCUT2D eigenvalue weighted by atomic mass is 10.2. The fraction of sp³-hybridized carbons (Fsp3) is 0.357. The molecule has 0 aliphatic carbocycles. The van der Waals surface area contributed by atoms with E-state index in [2.05, 4.69) is 15.0 Å². The fourth-order valence-electron chi connectivity index (χ4n) is 1.72. The number of aromatic nitrogens is 3. The Kier molecular flexibility index (Phi) is 5.16. The Morgan fingerprint density at radius 2 is 1.90 bits per heavy atom. The van der Waals surface area contributed by atoms with Crippen molar-refractivity contribution in [2.45, 2.75) is 19.9 Å². The van der Waals surface area contributed by atoms with Crippen molar-refractivity contribution in [1.29, 1.82) is 0 Å². The van der Waals surface area contributed by atoms with Crippen molar-refractivity contribution in [1.82, 2.24) is 15.0 Å². The van der Waals surface area contributed by atoms with Crippen LogP contribution >= 0.6 is 11.6 Å². The first-order valence-electron chi connectivity index (χ1n) is 6.68. The Labute approximate surface area is 128 Å². The molecule has 0 radical (unpaired) electrons. The molecule has 1 aromatic heterocycles. The summed E-state index contributed by atoms with van der Waals surface area (Å²) >= 11 is 5.88. The summed E-state index contributed by atoms with van der Waals surface area (Å²) in [6, 6.07) is 7.86. The average molecular weight is 308 g/mol. The normalized spacial score (nSPS) is 10.4. The highest BCUT2D eigenvalue weighted by Crippen LogP contribution is 2.16. The summed E-state index contributed by atoms with van der Waals surface area (Å²) in [6.07, 6.45) is 0.877. The van der Waals surface area contributed by atoms with Gasteiger partial charge >= 0.3 is 6.01 Å². The standard InChI is InChI=1S/C14H18ClN5O/c1-3-8-21-14-18-12(16)17-13(19-14)20(2)9-10-4-6-11(15)7-5-10/h4-7H,3,8-9H2,1-2H3,(H2,16,17,18,19). The summed E-state index contributed by atoms with van der Waals surface area (Å²) in [7, 11) is 1.88. The van der Waals surface area contributed by atoms with E-state index in [9.17, 15) is 0 Å². The third kappa shape index (κ3) is 4.46. The van der Waals surface area contributed by atoms with E-state index in [0.717, 1.165) is 12.0 Å². The van der Waals surface area contributed by atoms with Crippen LogP contribution in [0.5, 0.6) is 6.01 Å². The van der Waals surface area contributed by atoms with Gasteiger partial charge in [-0.25, -0.2) is 0 Å². The van der Waals surface area contributed by atoms with Gasteiger partial charge in [0.15, 0.2) is 0 Å². The molecular formula is C14H18ClN5O. The summed E-state index contributed by atoms with van der Waals surface area (Å²) in [5.41, 5.74) is 6.79. The molecule has 0 spiro atoms. The molecule has 6 nitrogen and oxygen atoms in total. The maximum atomic E-state index is 5.88. The molecule has 7 heteroatoms. The first-order chi connectivity index (χ1) is 10.1. The molecule has 0 fully saturated rings. The number of nitrogen functional groups attached to an aromatic ring is 1. The second-order valence-electron chi connectivity index (χ2n) is 4.61. The second kappa shape index (κ2) is 7.08. The Balaban J connectivity index is 2.12. The van der Waals surface area contributed by atoms with E-state index >= 15 is 0 Å². The maximum Gasteiger partial charge on any atom is 0.323 e. The van der Waals surface area contributed by atoms with Crippen LogP contribution in [-0.2, 0) is 6.54 Å². The Morgan fingerprint density at radius 1 is 1.19 bits per heavy atom. The third-order valence-corrected chi connectivity index (χ3v) is 2.98. The number of nitrogens with two attached hydrogens (primary N) is 1. The van der Waals surface area contributed by atoms with Gasteiger partial charge in [-0.1, -0.05) is 30.7 Å². The molecule has 2 aromatic rings. The third-order valence-electron chi connectivity index (χ3n) is 2.73. The molecule has 112 valence electrons. The topological polar surface area (TPSA) is 77.2 Å². The summed E-state index contributed by atoms with van der Waals surface area (Å²) in [6.45, 7) is 3.19. The Morgan fingerprint density at radius 3 is 2.57 bits per heavy atom. The number of hydrogen-bond donors (Lipinski definition) is 1. The van der Waals surface area contributed by atoms with Gasteiger partial charge in [-0.15, -0.1) is 0 Å².